The van der Waals surface area contributed by atoms with Crippen LogP contribution in [0, 0.1) is 0 Å². The molecule has 0 atom stereocenters. The summed E-state index contributed by atoms with van der Waals surface area (Å²) in [4.78, 5) is 11.0. The molecule has 9 nitrogen and oxygen atoms in total. The predicted octanol–water partition coefficient (Wildman–Crippen LogP) is 1.99. The molecule has 0 saturated heterocycles. The zero-order valence-electron chi connectivity index (χ0n) is 18.8. The van der Waals surface area contributed by atoms with Crippen LogP contribution in [0.2, 0.25) is 0 Å². The minimum atomic E-state index is 0.0386. The third-order valence-electron chi connectivity index (χ3n) is 4.34. The van der Waals surface area contributed by atoms with Gasteiger partial charge >= 0.3 is 0 Å². The summed E-state index contributed by atoms with van der Waals surface area (Å²) >= 11 is 0. The van der Waals surface area contributed by atoms with Gasteiger partial charge in [-0.15, -0.1) is 5.10 Å². The first kappa shape index (κ1) is 26.5. The summed E-state index contributed by atoms with van der Waals surface area (Å²) in [5.74, 6) is 0.0386. The lowest BCUT2D eigenvalue weighted by Gasteiger charge is -2.08. The molecule has 0 saturated carbocycles. The maximum Gasteiger partial charge on any atom is 0.219 e. The molecule has 0 spiro atoms. The van der Waals surface area contributed by atoms with Crippen LogP contribution in [-0.2, 0) is 36.7 Å². The number of carbonyl (C=O) groups excluding carboxylic acids is 1. The highest BCUT2D eigenvalue weighted by Crippen LogP contribution is 2.04. The van der Waals surface area contributed by atoms with Crippen LogP contribution in [0.3, 0.4) is 0 Å². The van der Waals surface area contributed by atoms with Crippen molar-refractivity contribution < 1.29 is 23.7 Å². The fourth-order valence-electron chi connectivity index (χ4n) is 2.60. The van der Waals surface area contributed by atoms with Crippen molar-refractivity contribution in [1.29, 1.82) is 0 Å². The van der Waals surface area contributed by atoms with Gasteiger partial charge in [0.25, 0.3) is 0 Å². The Morgan fingerprint density at radius 1 is 0.900 bits per heavy atom. The lowest BCUT2D eigenvalue weighted by atomic mass is 10.1. The minimum absolute atomic E-state index is 0.0386. The van der Waals surface area contributed by atoms with Crippen molar-refractivity contribution in [3.8, 4) is 0 Å². The van der Waals surface area contributed by atoms with Crippen molar-refractivity contribution in [2.24, 2.45) is 0 Å². The summed E-state index contributed by atoms with van der Waals surface area (Å²) in [5.41, 5.74) is 1.06. The number of amides is 1. The molecule has 1 heterocycles. The molecule has 1 aromatic heterocycles. The fourth-order valence-corrected chi connectivity index (χ4v) is 2.60. The monoisotopic (exact) mass is 428 g/mol. The first-order valence-electron chi connectivity index (χ1n) is 11.2. The van der Waals surface area contributed by atoms with Crippen LogP contribution in [-0.4, -0.2) is 80.3 Å². The number of carbonyl (C=O) groups is 1. The number of rotatable bonds is 21. The van der Waals surface area contributed by atoms with Crippen molar-refractivity contribution in [2.45, 2.75) is 58.9 Å². The predicted molar refractivity (Wildman–Crippen MR) is 114 cm³/mol. The van der Waals surface area contributed by atoms with Gasteiger partial charge in [-0.3, -0.25) is 4.79 Å². The van der Waals surface area contributed by atoms with E-state index >= 15 is 0 Å². The Balaban J connectivity index is 1.80. The summed E-state index contributed by atoms with van der Waals surface area (Å²) in [5, 5.41) is 11.1. The van der Waals surface area contributed by atoms with E-state index in [0.29, 0.717) is 72.4 Å². The molecule has 0 bridgehead atoms. The van der Waals surface area contributed by atoms with Crippen LogP contribution < -0.4 is 5.32 Å². The lowest BCUT2D eigenvalue weighted by Crippen LogP contribution is -2.26. The first-order valence-corrected chi connectivity index (χ1v) is 11.2. The summed E-state index contributed by atoms with van der Waals surface area (Å²) in [6.45, 7) is 9.52. The molecule has 0 aliphatic rings. The molecule has 0 aliphatic carbocycles. The second-order valence-corrected chi connectivity index (χ2v) is 6.94. The van der Waals surface area contributed by atoms with Gasteiger partial charge in [-0.25, -0.2) is 4.68 Å². The van der Waals surface area contributed by atoms with Gasteiger partial charge in [0.1, 0.15) is 0 Å². The van der Waals surface area contributed by atoms with E-state index in [1.165, 1.54) is 25.7 Å². The molecule has 0 aromatic carbocycles. The van der Waals surface area contributed by atoms with E-state index in [-0.39, 0.29) is 5.91 Å². The van der Waals surface area contributed by atoms with Crippen LogP contribution in [0.4, 0.5) is 0 Å². The summed E-state index contributed by atoms with van der Waals surface area (Å²) < 4.78 is 23.6. The van der Waals surface area contributed by atoms with Crippen molar-refractivity contribution >= 4 is 5.91 Å². The number of aromatic nitrogens is 3. The molecule has 30 heavy (non-hydrogen) atoms. The van der Waals surface area contributed by atoms with Crippen molar-refractivity contribution in [2.75, 3.05) is 59.4 Å². The normalized spacial score (nSPS) is 11.1. The van der Waals surface area contributed by atoms with Crippen LogP contribution in [0.25, 0.3) is 0 Å². The second kappa shape index (κ2) is 19.4. The van der Waals surface area contributed by atoms with E-state index < -0.39 is 0 Å². The third-order valence-corrected chi connectivity index (χ3v) is 4.34. The molecular weight excluding hydrogens is 388 g/mol. The Morgan fingerprint density at radius 2 is 1.53 bits per heavy atom. The molecule has 1 rings (SSSR count). The molecule has 0 radical (unpaired) electrons. The number of hydrogen-bond acceptors (Lipinski definition) is 7. The van der Waals surface area contributed by atoms with E-state index in [0.717, 1.165) is 12.1 Å². The maximum absolute atomic E-state index is 11.0. The van der Waals surface area contributed by atoms with Crippen LogP contribution in [0.5, 0.6) is 0 Å². The number of nitrogens with zero attached hydrogens (tertiary/aromatic N) is 3. The van der Waals surface area contributed by atoms with Gasteiger partial charge in [-0.2, -0.15) is 0 Å². The van der Waals surface area contributed by atoms with Gasteiger partial charge in [-0.05, 0) is 12.8 Å². The van der Waals surface area contributed by atoms with E-state index in [2.05, 4.69) is 22.6 Å². The zero-order chi connectivity index (χ0) is 21.7. The van der Waals surface area contributed by atoms with Crippen LogP contribution in [0.15, 0.2) is 6.20 Å². The zero-order valence-corrected chi connectivity index (χ0v) is 18.8. The molecule has 1 amide bonds. The van der Waals surface area contributed by atoms with Crippen molar-refractivity contribution in [3.05, 3.63) is 11.9 Å². The molecule has 1 aromatic rings. The number of unbranched alkanes of at least 4 members (excludes halogenated alkanes) is 3. The smallest absolute Gasteiger partial charge is 0.219 e. The standard InChI is InChI=1S/C21H40N4O5/c1-3-5-6-7-8-20-19-25(24-23-20)10-12-28-14-16-30-18-17-29-15-13-27-11-9-22-21(26)4-2/h19H,3-18H2,1-2H3,(H,22,26). The largest absolute Gasteiger partial charge is 0.377 e. The van der Waals surface area contributed by atoms with Crippen LogP contribution in [0.1, 0.15) is 51.6 Å². The average molecular weight is 429 g/mol. The van der Waals surface area contributed by atoms with Crippen molar-refractivity contribution in [3.63, 3.8) is 0 Å². The Hall–Kier alpha value is -1.55. The summed E-state index contributed by atoms with van der Waals surface area (Å²) in [6.07, 6.45) is 8.47. The van der Waals surface area contributed by atoms with E-state index in [1.807, 2.05) is 17.8 Å². The van der Waals surface area contributed by atoms with Crippen LogP contribution >= 0.6 is 0 Å². The molecule has 0 unspecified atom stereocenters. The quantitative estimate of drug-likeness (QED) is 0.299. The Labute approximate surface area is 180 Å². The Morgan fingerprint density at radius 3 is 2.17 bits per heavy atom. The average Bonchev–Trinajstić information content (AvgIpc) is 3.21. The van der Waals surface area contributed by atoms with Crippen molar-refractivity contribution in [1.82, 2.24) is 20.3 Å². The number of aryl methyl sites for hydroxylation is 1. The third kappa shape index (κ3) is 15.3. The molecule has 9 heteroatoms. The highest BCUT2D eigenvalue weighted by Gasteiger charge is 2.01. The van der Waals surface area contributed by atoms with E-state index in [4.69, 9.17) is 18.9 Å². The molecule has 0 fully saturated rings. The molecule has 0 aliphatic heterocycles. The summed E-state index contributed by atoms with van der Waals surface area (Å²) in [7, 11) is 0. The Kier molecular flexibility index (Phi) is 17.1. The van der Waals surface area contributed by atoms with Gasteiger partial charge in [0, 0.05) is 19.2 Å². The number of nitrogens with one attached hydrogen (secondary N) is 1. The van der Waals surface area contributed by atoms with Gasteiger partial charge < -0.3 is 24.3 Å². The SMILES string of the molecule is CCCCCCc1cn(CCOCCOCCOCCOCCNC(=O)CC)nn1. The Bertz CT molecular complexity index is 527. The second-order valence-electron chi connectivity index (χ2n) is 6.94. The molecule has 1 N–H and O–H groups in total. The lowest BCUT2D eigenvalue weighted by molar-refractivity contribution is -0.121. The van der Waals surface area contributed by atoms with E-state index in [9.17, 15) is 4.79 Å². The number of hydrogen-bond donors (Lipinski definition) is 1. The minimum Gasteiger partial charge on any atom is -0.377 e. The topological polar surface area (TPSA) is 96.7 Å². The van der Waals surface area contributed by atoms with Gasteiger partial charge in [0.05, 0.1) is 65.1 Å². The van der Waals surface area contributed by atoms with Gasteiger partial charge in [0.2, 0.25) is 5.91 Å². The highest BCUT2D eigenvalue weighted by molar-refractivity contribution is 5.75. The summed E-state index contributed by atoms with van der Waals surface area (Å²) in [6, 6.07) is 0. The molecular formula is C21H40N4O5. The number of ether oxygens (including phenoxy) is 4. The highest BCUT2D eigenvalue weighted by atomic mass is 16.6. The fraction of sp³-hybridized carbons (Fsp3) is 0.857. The first-order chi connectivity index (χ1) is 14.8. The van der Waals surface area contributed by atoms with Gasteiger partial charge in [0.15, 0.2) is 0 Å². The van der Waals surface area contributed by atoms with Gasteiger partial charge in [-0.1, -0.05) is 38.3 Å². The molecule has 174 valence electrons. The maximum atomic E-state index is 11.0. The van der Waals surface area contributed by atoms with E-state index in [1.54, 1.807) is 0 Å².